The zero-order chi connectivity index (χ0) is 15.6. The Morgan fingerprint density at radius 2 is 1.81 bits per heavy atom. The Morgan fingerprint density at radius 3 is 2.33 bits per heavy atom. The fraction of sp³-hybridized carbons (Fsp3) is 0.400. The normalized spacial score (nSPS) is 10.7. The highest BCUT2D eigenvalue weighted by Gasteiger charge is 2.21. The zero-order valence-electron chi connectivity index (χ0n) is 12.5. The average Bonchev–Trinajstić information content (AvgIpc) is 2.49. The molecule has 0 aliphatic heterocycles. The van der Waals surface area contributed by atoms with Crippen LogP contribution in [0.2, 0.25) is 0 Å². The lowest BCUT2D eigenvalue weighted by Gasteiger charge is -2.16. The molecule has 0 amide bonds. The number of fused-ring (bicyclic) bond motifs is 1. The summed E-state index contributed by atoms with van der Waals surface area (Å²) in [7, 11) is 4.51. The number of aliphatic hydroxyl groups is 1. The van der Waals surface area contributed by atoms with Gasteiger partial charge in [-0.25, -0.2) is 4.79 Å². The second-order valence-corrected chi connectivity index (χ2v) is 4.49. The van der Waals surface area contributed by atoms with Gasteiger partial charge in [0.15, 0.2) is 11.5 Å². The van der Waals surface area contributed by atoms with E-state index >= 15 is 0 Å². The van der Waals surface area contributed by atoms with E-state index in [-0.39, 0.29) is 13.0 Å². The molecule has 6 nitrogen and oxygen atoms in total. The van der Waals surface area contributed by atoms with Crippen molar-refractivity contribution in [1.82, 2.24) is 0 Å². The Labute approximate surface area is 121 Å². The summed E-state index contributed by atoms with van der Waals surface area (Å²) in [5.41, 5.74) is 1.01. The van der Waals surface area contributed by atoms with Crippen LogP contribution in [0.4, 0.5) is 0 Å². The smallest absolute Gasteiger partial charge is 0.339 e. The maximum Gasteiger partial charge on any atom is 0.339 e. The number of hydrogen-bond donors (Lipinski definition) is 1. The number of ether oxygens (including phenoxy) is 3. The van der Waals surface area contributed by atoms with Crippen LogP contribution in [0.5, 0.6) is 17.2 Å². The van der Waals surface area contributed by atoms with Gasteiger partial charge in [0, 0.05) is 24.7 Å². The number of aryl methyl sites for hydroxylation is 1. The lowest BCUT2D eigenvalue weighted by atomic mass is 10.0. The van der Waals surface area contributed by atoms with E-state index in [1.54, 1.807) is 13.0 Å². The molecule has 0 radical (unpaired) electrons. The maximum absolute atomic E-state index is 12.0. The van der Waals surface area contributed by atoms with Crippen molar-refractivity contribution in [3.05, 3.63) is 27.6 Å². The minimum Gasteiger partial charge on any atom is -0.493 e. The molecule has 0 fully saturated rings. The largest absolute Gasteiger partial charge is 0.493 e. The Hall–Kier alpha value is -2.21. The Balaban J connectivity index is 2.94. The highest BCUT2D eigenvalue weighted by Crippen LogP contribution is 2.44. The molecule has 6 heteroatoms. The van der Waals surface area contributed by atoms with E-state index in [9.17, 15) is 4.79 Å². The van der Waals surface area contributed by atoms with Crippen molar-refractivity contribution in [1.29, 1.82) is 0 Å². The van der Waals surface area contributed by atoms with Gasteiger partial charge in [-0.2, -0.15) is 0 Å². The molecule has 1 heterocycles. The minimum absolute atomic E-state index is 0.132. The molecule has 0 bridgehead atoms. The van der Waals surface area contributed by atoms with Gasteiger partial charge in [-0.3, -0.25) is 0 Å². The third-order valence-electron chi connectivity index (χ3n) is 3.43. The molecule has 0 aliphatic rings. The van der Waals surface area contributed by atoms with Crippen LogP contribution < -0.4 is 19.8 Å². The van der Waals surface area contributed by atoms with Gasteiger partial charge < -0.3 is 23.7 Å². The molecular formula is C15H18O6. The summed E-state index contributed by atoms with van der Waals surface area (Å²) >= 11 is 0. The number of rotatable bonds is 5. The lowest BCUT2D eigenvalue weighted by Crippen LogP contribution is -2.12. The minimum atomic E-state index is -0.469. The van der Waals surface area contributed by atoms with Crippen LogP contribution in [-0.4, -0.2) is 33.0 Å². The monoisotopic (exact) mass is 294 g/mol. The van der Waals surface area contributed by atoms with Crippen molar-refractivity contribution < 1.29 is 23.7 Å². The summed E-state index contributed by atoms with van der Waals surface area (Å²) in [6, 6.07) is 1.59. The van der Waals surface area contributed by atoms with Crippen LogP contribution in [0.25, 0.3) is 11.0 Å². The summed E-state index contributed by atoms with van der Waals surface area (Å²) in [5, 5.41) is 9.73. The molecule has 114 valence electrons. The summed E-state index contributed by atoms with van der Waals surface area (Å²) < 4.78 is 21.3. The second kappa shape index (κ2) is 6.05. The third-order valence-corrected chi connectivity index (χ3v) is 3.43. The van der Waals surface area contributed by atoms with Gasteiger partial charge in [-0.1, -0.05) is 0 Å². The molecule has 0 aliphatic carbocycles. The van der Waals surface area contributed by atoms with Crippen molar-refractivity contribution in [3.63, 3.8) is 0 Å². The highest BCUT2D eigenvalue weighted by molar-refractivity contribution is 5.92. The number of methoxy groups -OCH3 is 3. The molecule has 0 atom stereocenters. The molecule has 2 rings (SSSR count). The van der Waals surface area contributed by atoms with Crippen LogP contribution in [0.1, 0.15) is 11.1 Å². The Morgan fingerprint density at radius 1 is 1.14 bits per heavy atom. The predicted molar refractivity (Wildman–Crippen MR) is 77.7 cm³/mol. The third kappa shape index (κ3) is 2.42. The molecule has 1 aromatic carbocycles. The van der Waals surface area contributed by atoms with E-state index in [4.69, 9.17) is 23.7 Å². The van der Waals surface area contributed by atoms with Gasteiger partial charge in [-0.15, -0.1) is 0 Å². The van der Waals surface area contributed by atoms with E-state index in [1.807, 2.05) is 0 Å². The van der Waals surface area contributed by atoms with Gasteiger partial charge in [0.2, 0.25) is 5.75 Å². The highest BCUT2D eigenvalue weighted by atomic mass is 16.5. The first-order chi connectivity index (χ1) is 10.1. The second-order valence-electron chi connectivity index (χ2n) is 4.49. The van der Waals surface area contributed by atoms with Crippen molar-refractivity contribution in [2.24, 2.45) is 0 Å². The molecule has 2 aromatic rings. The van der Waals surface area contributed by atoms with Gasteiger partial charge in [0.1, 0.15) is 5.58 Å². The van der Waals surface area contributed by atoms with Gasteiger partial charge in [0.25, 0.3) is 0 Å². The fourth-order valence-electron chi connectivity index (χ4n) is 2.44. The van der Waals surface area contributed by atoms with E-state index in [2.05, 4.69) is 0 Å². The van der Waals surface area contributed by atoms with Crippen LogP contribution in [0.3, 0.4) is 0 Å². The SMILES string of the molecule is COc1cc2oc(=O)c(CCO)c(C)c2c(OC)c1OC. The zero-order valence-corrected chi connectivity index (χ0v) is 12.5. The van der Waals surface area contributed by atoms with Crippen LogP contribution in [0, 0.1) is 6.92 Å². The Kier molecular flexibility index (Phi) is 4.37. The fourth-order valence-corrected chi connectivity index (χ4v) is 2.44. The van der Waals surface area contributed by atoms with Gasteiger partial charge in [0.05, 0.1) is 26.7 Å². The summed E-state index contributed by atoms with van der Waals surface area (Å²) in [6.45, 7) is 1.66. The number of aliphatic hydroxyl groups excluding tert-OH is 1. The van der Waals surface area contributed by atoms with E-state index in [0.717, 1.165) is 0 Å². The van der Waals surface area contributed by atoms with Gasteiger partial charge in [-0.05, 0) is 12.5 Å². The molecule has 1 N–H and O–H groups in total. The topological polar surface area (TPSA) is 78.1 Å². The first kappa shape index (κ1) is 15.2. The molecular weight excluding hydrogens is 276 g/mol. The van der Waals surface area contributed by atoms with Crippen LogP contribution >= 0.6 is 0 Å². The van der Waals surface area contributed by atoms with Crippen LogP contribution in [0.15, 0.2) is 15.3 Å². The molecule has 0 spiro atoms. The molecule has 21 heavy (non-hydrogen) atoms. The van der Waals surface area contributed by atoms with Crippen molar-refractivity contribution >= 4 is 11.0 Å². The number of benzene rings is 1. The van der Waals surface area contributed by atoms with E-state index in [1.165, 1.54) is 21.3 Å². The van der Waals surface area contributed by atoms with Gasteiger partial charge >= 0.3 is 5.63 Å². The standard InChI is InChI=1S/C15H18O6/c1-8-9(5-6-16)15(17)21-10-7-11(18-2)13(19-3)14(20-4)12(8)10/h7,16H,5-6H2,1-4H3. The van der Waals surface area contributed by atoms with Crippen LogP contribution in [-0.2, 0) is 6.42 Å². The summed E-state index contributed by atoms with van der Waals surface area (Å²) in [6.07, 6.45) is 0.224. The summed E-state index contributed by atoms with van der Waals surface area (Å²) in [4.78, 5) is 12.0. The summed E-state index contributed by atoms with van der Waals surface area (Å²) in [5.74, 6) is 1.28. The first-order valence-corrected chi connectivity index (χ1v) is 6.45. The quantitative estimate of drug-likeness (QED) is 0.845. The molecule has 0 unspecified atom stereocenters. The van der Waals surface area contributed by atoms with Crippen molar-refractivity contribution in [2.45, 2.75) is 13.3 Å². The average molecular weight is 294 g/mol. The molecule has 1 aromatic heterocycles. The van der Waals surface area contributed by atoms with Crippen molar-refractivity contribution in [2.75, 3.05) is 27.9 Å². The Bertz CT molecular complexity index is 716. The predicted octanol–water partition coefficient (Wildman–Crippen LogP) is 1.66. The van der Waals surface area contributed by atoms with Crippen molar-refractivity contribution in [3.8, 4) is 17.2 Å². The van der Waals surface area contributed by atoms with E-state index in [0.29, 0.717) is 39.3 Å². The maximum atomic E-state index is 12.0. The lowest BCUT2D eigenvalue weighted by molar-refractivity contribution is 0.297. The molecule has 0 saturated heterocycles. The first-order valence-electron chi connectivity index (χ1n) is 6.45. The van der Waals surface area contributed by atoms with E-state index < -0.39 is 5.63 Å². The number of hydrogen-bond acceptors (Lipinski definition) is 6. The molecule has 0 saturated carbocycles.